The second-order valence-electron chi connectivity index (χ2n) is 3.66. The van der Waals surface area contributed by atoms with Gasteiger partial charge in [-0.1, -0.05) is 13.8 Å². The van der Waals surface area contributed by atoms with E-state index in [1.165, 1.54) is 0 Å². The molecule has 3 N–H and O–H groups in total. The Morgan fingerprint density at radius 3 is 2.76 bits per heavy atom. The smallest absolute Gasteiger partial charge is 0.148 e. The van der Waals surface area contributed by atoms with E-state index in [2.05, 4.69) is 23.7 Å². The Hall–Kier alpha value is -1.62. The molecule has 0 spiro atoms. The van der Waals surface area contributed by atoms with Gasteiger partial charge in [0.2, 0.25) is 0 Å². The molecule has 1 rings (SSSR count). The van der Waals surface area contributed by atoms with Crippen LogP contribution in [0.3, 0.4) is 0 Å². The fraction of sp³-hybridized carbons (Fsp3) is 0.500. The fourth-order valence-corrected chi connectivity index (χ4v) is 1.54. The first-order valence-corrected chi connectivity index (χ1v) is 5.82. The van der Waals surface area contributed by atoms with Crippen molar-refractivity contribution in [1.29, 1.82) is 5.41 Å². The molecule has 0 radical (unpaired) electrons. The Balaban J connectivity index is 2.54. The number of amidine groups is 1. The molecule has 5 nitrogen and oxygen atoms in total. The van der Waals surface area contributed by atoms with Gasteiger partial charge in [0.25, 0.3) is 0 Å². The van der Waals surface area contributed by atoms with Gasteiger partial charge in [-0.25, -0.2) is 0 Å². The lowest BCUT2D eigenvalue weighted by Gasteiger charge is -2.18. The summed E-state index contributed by atoms with van der Waals surface area (Å²) >= 11 is 0. The highest BCUT2D eigenvalue weighted by atomic mass is 16.5. The maximum absolute atomic E-state index is 7.43. The van der Waals surface area contributed by atoms with Gasteiger partial charge in [0, 0.05) is 12.7 Å². The Bertz CT molecular complexity index is 363. The van der Waals surface area contributed by atoms with E-state index < -0.39 is 0 Å². The maximum Gasteiger partial charge on any atom is 0.148 e. The van der Waals surface area contributed by atoms with E-state index in [0.717, 1.165) is 19.6 Å². The number of pyridine rings is 1. The summed E-state index contributed by atoms with van der Waals surface area (Å²) < 4.78 is 5.61. The molecule has 0 aliphatic rings. The van der Waals surface area contributed by atoms with Crippen molar-refractivity contribution < 1.29 is 4.74 Å². The van der Waals surface area contributed by atoms with Crippen LogP contribution in [0.25, 0.3) is 0 Å². The minimum Gasteiger partial charge on any atom is -0.490 e. The molecular formula is C12H20N4O. The molecule has 0 saturated heterocycles. The Kier molecular flexibility index (Phi) is 5.42. The largest absolute Gasteiger partial charge is 0.490 e. The number of nitrogens with two attached hydrogens (primary N) is 1. The lowest BCUT2D eigenvalue weighted by Crippen LogP contribution is -2.28. The monoisotopic (exact) mass is 236 g/mol. The van der Waals surface area contributed by atoms with Crippen LogP contribution in [0.1, 0.15) is 19.4 Å². The van der Waals surface area contributed by atoms with Crippen LogP contribution in [0.15, 0.2) is 18.5 Å². The number of nitrogen functional groups attached to an aromatic ring is 1. The Morgan fingerprint density at radius 2 is 2.18 bits per heavy atom. The summed E-state index contributed by atoms with van der Waals surface area (Å²) in [5.74, 6) is 0.581. The van der Waals surface area contributed by atoms with Gasteiger partial charge >= 0.3 is 0 Å². The molecule has 0 aromatic carbocycles. The van der Waals surface area contributed by atoms with Gasteiger partial charge in [0.15, 0.2) is 0 Å². The van der Waals surface area contributed by atoms with E-state index in [1.807, 2.05) is 0 Å². The van der Waals surface area contributed by atoms with Crippen LogP contribution in [0, 0.1) is 5.41 Å². The van der Waals surface area contributed by atoms with E-state index in [4.69, 9.17) is 15.9 Å². The van der Waals surface area contributed by atoms with Gasteiger partial charge in [0.05, 0.1) is 11.8 Å². The van der Waals surface area contributed by atoms with Crippen molar-refractivity contribution in [3.05, 3.63) is 24.0 Å². The molecule has 0 aliphatic heterocycles. The first-order valence-electron chi connectivity index (χ1n) is 5.82. The zero-order valence-electron chi connectivity index (χ0n) is 10.4. The molecule has 1 aromatic heterocycles. The van der Waals surface area contributed by atoms with E-state index in [0.29, 0.717) is 17.9 Å². The van der Waals surface area contributed by atoms with Gasteiger partial charge < -0.3 is 15.4 Å². The standard InChI is InChI=1S/C12H20N4O/c1-3-16(4-2)7-8-17-11-9-15-6-5-10(11)12(13)14/h5-6,9H,3-4,7-8H2,1-2H3,(H3,13,14). The predicted molar refractivity (Wildman–Crippen MR) is 68.5 cm³/mol. The topological polar surface area (TPSA) is 75.2 Å². The lowest BCUT2D eigenvalue weighted by atomic mass is 10.2. The summed E-state index contributed by atoms with van der Waals surface area (Å²) in [4.78, 5) is 6.24. The molecule has 94 valence electrons. The van der Waals surface area contributed by atoms with E-state index >= 15 is 0 Å². The van der Waals surface area contributed by atoms with Gasteiger partial charge in [-0.3, -0.25) is 10.4 Å². The molecule has 17 heavy (non-hydrogen) atoms. The zero-order valence-corrected chi connectivity index (χ0v) is 10.4. The Labute approximate surface area is 102 Å². The summed E-state index contributed by atoms with van der Waals surface area (Å²) in [6.45, 7) is 7.69. The van der Waals surface area contributed by atoms with Crippen molar-refractivity contribution in [2.75, 3.05) is 26.2 Å². The van der Waals surface area contributed by atoms with Crippen molar-refractivity contribution in [3.8, 4) is 5.75 Å². The van der Waals surface area contributed by atoms with Crippen LogP contribution in [0.4, 0.5) is 0 Å². The van der Waals surface area contributed by atoms with Crippen LogP contribution in [-0.4, -0.2) is 42.0 Å². The molecule has 0 unspecified atom stereocenters. The van der Waals surface area contributed by atoms with Crippen LogP contribution in [0.2, 0.25) is 0 Å². The molecule has 0 amide bonds. The quantitative estimate of drug-likeness (QED) is 0.549. The van der Waals surface area contributed by atoms with Crippen molar-refractivity contribution in [3.63, 3.8) is 0 Å². The SMILES string of the molecule is CCN(CC)CCOc1cnccc1C(=N)N. The third-order valence-electron chi connectivity index (χ3n) is 2.63. The highest BCUT2D eigenvalue weighted by Crippen LogP contribution is 2.15. The number of nitrogens with zero attached hydrogens (tertiary/aromatic N) is 2. The Morgan fingerprint density at radius 1 is 1.47 bits per heavy atom. The van der Waals surface area contributed by atoms with Crippen molar-refractivity contribution in [2.24, 2.45) is 5.73 Å². The first-order chi connectivity index (χ1) is 8.19. The van der Waals surface area contributed by atoms with Gasteiger partial charge in [-0.05, 0) is 19.2 Å². The van der Waals surface area contributed by atoms with Crippen LogP contribution in [-0.2, 0) is 0 Å². The van der Waals surface area contributed by atoms with Crippen LogP contribution >= 0.6 is 0 Å². The molecule has 0 fully saturated rings. The van der Waals surface area contributed by atoms with E-state index in [9.17, 15) is 0 Å². The fourth-order valence-electron chi connectivity index (χ4n) is 1.54. The minimum absolute atomic E-state index is 0.00485. The number of rotatable bonds is 7. The highest BCUT2D eigenvalue weighted by molar-refractivity contribution is 5.97. The van der Waals surface area contributed by atoms with E-state index in [-0.39, 0.29) is 5.84 Å². The molecular weight excluding hydrogens is 216 g/mol. The van der Waals surface area contributed by atoms with Crippen molar-refractivity contribution >= 4 is 5.84 Å². The third-order valence-corrected chi connectivity index (χ3v) is 2.63. The average molecular weight is 236 g/mol. The van der Waals surface area contributed by atoms with Crippen molar-refractivity contribution in [1.82, 2.24) is 9.88 Å². The second-order valence-corrected chi connectivity index (χ2v) is 3.66. The molecule has 0 aliphatic carbocycles. The van der Waals surface area contributed by atoms with Crippen molar-refractivity contribution in [2.45, 2.75) is 13.8 Å². The zero-order chi connectivity index (χ0) is 12.7. The maximum atomic E-state index is 7.43. The van der Waals surface area contributed by atoms with Crippen LogP contribution < -0.4 is 10.5 Å². The minimum atomic E-state index is 0.00485. The van der Waals surface area contributed by atoms with Gasteiger partial charge in [-0.2, -0.15) is 0 Å². The molecule has 5 heteroatoms. The summed E-state index contributed by atoms with van der Waals surface area (Å²) in [5.41, 5.74) is 6.06. The predicted octanol–water partition coefficient (Wildman–Crippen LogP) is 1.09. The summed E-state index contributed by atoms with van der Waals surface area (Å²) in [6.07, 6.45) is 3.20. The number of hydrogen-bond donors (Lipinski definition) is 2. The number of nitrogens with one attached hydrogen (secondary N) is 1. The molecule has 0 atom stereocenters. The first kappa shape index (κ1) is 13.4. The summed E-state index contributed by atoms with van der Waals surface area (Å²) in [6, 6.07) is 1.69. The molecule has 1 heterocycles. The normalized spacial score (nSPS) is 10.5. The van der Waals surface area contributed by atoms with Crippen LogP contribution in [0.5, 0.6) is 5.75 Å². The second kappa shape index (κ2) is 6.85. The molecule has 0 bridgehead atoms. The number of aromatic nitrogens is 1. The van der Waals surface area contributed by atoms with Gasteiger partial charge in [0.1, 0.15) is 18.2 Å². The summed E-state index contributed by atoms with van der Waals surface area (Å²) in [7, 11) is 0. The number of likely N-dealkylation sites (N-methyl/N-ethyl adjacent to an activating group) is 1. The molecule has 1 aromatic rings. The summed E-state index contributed by atoms with van der Waals surface area (Å²) in [5, 5.41) is 7.43. The molecule has 0 saturated carbocycles. The number of ether oxygens (including phenoxy) is 1. The van der Waals surface area contributed by atoms with E-state index in [1.54, 1.807) is 18.5 Å². The third kappa shape index (κ3) is 4.03. The number of hydrogen-bond acceptors (Lipinski definition) is 4. The highest BCUT2D eigenvalue weighted by Gasteiger charge is 2.06. The average Bonchev–Trinajstić information content (AvgIpc) is 2.35. The lowest BCUT2D eigenvalue weighted by molar-refractivity contribution is 0.222. The van der Waals surface area contributed by atoms with Gasteiger partial charge in [-0.15, -0.1) is 0 Å².